The minimum Gasteiger partial charge on any atom is -0.471 e. The summed E-state index contributed by atoms with van der Waals surface area (Å²) in [5.74, 6) is 0.587. The summed E-state index contributed by atoms with van der Waals surface area (Å²) in [5, 5.41) is 11.2. The molecule has 1 N–H and O–H groups in total. The van der Waals surface area contributed by atoms with Gasteiger partial charge in [0.2, 0.25) is 0 Å². The summed E-state index contributed by atoms with van der Waals surface area (Å²) in [6.45, 7) is 4.67. The van der Waals surface area contributed by atoms with Crippen molar-refractivity contribution in [3.05, 3.63) is 65.2 Å². The van der Waals surface area contributed by atoms with Crippen molar-refractivity contribution in [2.45, 2.75) is 27.1 Å². The molecule has 0 spiro atoms. The van der Waals surface area contributed by atoms with Gasteiger partial charge in [0, 0.05) is 19.4 Å². The molecule has 1 aromatic carbocycles. The molecule has 0 atom stereocenters. The molecule has 1 amide bonds. The largest absolute Gasteiger partial charge is 0.471 e. The molecule has 0 aliphatic heterocycles. The number of carbonyl (C=O) groups is 1. The molecule has 0 saturated carbocycles. The Morgan fingerprint density at radius 3 is 2.84 bits per heavy atom. The number of nitrogens with zero attached hydrogens (tertiary/aromatic N) is 4. The number of nitrogens with one attached hydrogen (secondary N) is 1. The second-order valence-electron chi connectivity index (χ2n) is 5.91. The first-order valence-corrected chi connectivity index (χ1v) is 8.01. The van der Waals surface area contributed by atoms with Crippen molar-refractivity contribution in [1.82, 2.24) is 24.9 Å². The molecule has 7 heteroatoms. The van der Waals surface area contributed by atoms with Crippen LogP contribution >= 0.6 is 0 Å². The molecule has 2 aromatic heterocycles. The number of rotatable bonds is 6. The molecule has 0 unspecified atom stereocenters. The van der Waals surface area contributed by atoms with Crippen molar-refractivity contribution in [3.8, 4) is 5.75 Å². The smallest absolute Gasteiger partial charge is 0.272 e. The first-order valence-electron chi connectivity index (χ1n) is 8.01. The Kier molecular flexibility index (Phi) is 4.83. The second-order valence-corrected chi connectivity index (χ2v) is 5.91. The van der Waals surface area contributed by atoms with Gasteiger partial charge in [0.15, 0.2) is 6.73 Å². The van der Waals surface area contributed by atoms with Crippen LogP contribution in [0.2, 0.25) is 0 Å². The van der Waals surface area contributed by atoms with E-state index >= 15 is 0 Å². The van der Waals surface area contributed by atoms with Crippen LogP contribution in [0.4, 0.5) is 0 Å². The Labute approximate surface area is 146 Å². The van der Waals surface area contributed by atoms with Gasteiger partial charge in [-0.2, -0.15) is 10.2 Å². The highest BCUT2D eigenvalue weighted by molar-refractivity contribution is 5.92. The number of carbonyl (C=O) groups excluding carboxylic acids is 1. The summed E-state index contributed by atoms with van der Waals surface area (Å²) in [6.07, 6.45) is 3.42. The summed E-state index contributed by atoms with van der Waals surface area (Å²) in [4.78, 5) is 12.2. The molecule has 0 saturated heterocycles. The summed E-state index contributed by atoms with van der Waals surface area (Å²) in [5.41, 5.74) is 3.47. The molecule has 130 valence electrons. The fourth-order valence-electron chi connectivity index (χ4n) is 2.39. The first kappa shape index (κ1) is 16.8. The Morgan fingerprint density at radius 1 is 1.24 bits per heavy atom. The van der Waals surface area contributed by atoms with Gasteiger partial charge in [0.05, 0.1) is 12.2 Å². The fourth-order valence-corrected chi connectivity index (χ4v) is 2.39. The summed E-state index contributed by atoms with van der Waals surface area (Å²) in [6, 6.07) is 9.58. The van der Waals surface area contributed by atoms with Crippen LogP contribution in [-0.4, -0.2) is 25.5 Å². The SMILES string of the molecule is Cc1ccc(C)c(OCn2ccc(C(=O)NCc3ccnn3C)n2)c1. The van der Waals surface area contributed by atoms with Crippen LogP contribution in [0.3, 0.4) is 0 Å². The Bertz CT molecular complexity index is 881. The highest BCUT2D eigenvalue weighted by Gasteiger charge is 2.10. The van der Waals surface area contributed by atoms with E-state index in [0.717, 1.165) is 22.6 Å². The Hall–Kier alpha value is -3.09. The van der Waals surface area contributed by atoms with E-state index < -0.39 is 0 Å². The number of ether oxygens (including phenoxy) is 1. The Morgan fingerprint density at radius 2 is 2.08 bits per heavy atom. The lowest BCUT2D eigenvalue weighted by Gasteiger charge is -2.09. The van der Waals surface area contributed by atoms with Crippen molar-refractivity contribution in [1.29, 1.82) is 0 Å². The number of benzene rings is 1. The minimum absolute atomic E-state index is 0.230. The molecule has 0 radical (unpaired) electrons. The van der Waals surface area contributed by atoms with E-state index in [9.17, 15) is 4.79 Å². The molecule has 3 rings (SSSR count). The lowest BCUT2D eigenvalue weighted by atomic mass is 10.1. The molecular weight excluding hydrogens is 318 g/mol. The van der Waals surface area contributed by atoms with Crippen molar-refractivity contribution in [2.75, 3.05) is 0 Å². The molecule has 0 fully saturated rings. The average Bonchev–Trinajstić information content (AvgIpc) is 3.22. The minimum atomic E-state index is -0.230. The predicted octanol–water partition coefficient (Wildman–Crippen LogP) is 2.20. The van der Waals surface area contributed by atoms with Gasteiger partial charge in [-0.15, -0.1) is 0 Å². The Balaban J connectivity index is 1.57. The van der Waals surface area contributed by atoms with E-state index in [1.165, 1.54) is 0 Å². The molecule has 7 nitrogen and oxygen atoms in total. The molecule has 3 aromatic rings. The van der Waals surface area contributed by atoms with Gasteiger partial charge in [0.1, 0.15) is 11.4 Å². The number of amides is 1. The summed E-state index contributed by atoms with van der Waals surface area (Å²) in [7, 11) is 1.83. The molecule has 25 heavy (non-hydrogen) atoms. The quantitative estimate of drug-likeness (QED) is 0.747. The number of hydrogen-bond acceptors (Lipinski definition) is 4. The van der Waals surface area contributed by atoms with Crippen LogP contribution in [0.15, 0.2) is 42.7 Å². The monoisotopic (exact) mass is 339 g/mol. The van der Waals surface area contributed by atoms with Crippen molar-refractivity contribution < 1.29 is 9.53 Å². The highest BCUT2D eigenvalue weighted by Crippen LogP contribution is 2.19. The van der Waals surface area contributed by atoms with Gasteiger partial charge < -0.3 is 10.1 Å². The van der Waals surface area contributed by atoms with E-state index in [0.29, 0.717) is 12.2 Å². The highest BCUT2D eigenvalue weighted by atomic mass is 16.5. The van der Waals surface area contributed by atoms with E-state index in [2.05, 4.69) is 15.5 Å². The van der Waals surface area contributed by atoms with E-state index in [1.54, 1.807) is 27.8 Å². The van der Waals surface area contributed by atoms with Gasteiger partial charge in [-0.1, -0.05) is 12.1 Å². The standard InChI is InChI=1S/C18H21N5O2/c1-13-4-5-14(2)17(10-13)25-12-23-9-7-16(21-23)18(24)19-11-15-6-8-20-22(15)3/h4-10H,11-12H2,1-3H3,(H,19,24). The lowest BCUT2D eigenvalue weighted by molar-refractivity contribution is 0.0943. The van der Waals surface area contributed by atoms with Gasteiger partial charge in [-0.25, -0.2) is 4.68 Å². The summed E-state index contributed by atoms with van der Waals surface area (Å²) >= 11 is 0. The maximum Gasteiger partial charge on any atom is 0.272 e. The molecular formula is C18H21N5O2. The van der Waals surface area contributed by atoms with E-state index in [1.807, 2.05) is 45.2 Å². The van der Waals surface area contributed by atoms with E-state index in [4.69, 9.17) is 4.74 Å². The lowest BCUT2D eigenvalue weighted by Crippen LogP contribution is -2.24. The molecule has 0 aliphatic carbocycles. The zero-order valence-corrected chi connectivity index (χ0v) is 14.6. The number of hydrogen-bond donors (Lipinski definition) is 1. The molecule has 0 aliphatic rings. The first-order chi connectivity index (χ1) is 12.0. The van der Waals surface area contributed by atoms with Crippen LogP contribution < -0.4 is 10.1 Å². The van der Waals surface area contributed by atoms with Crippen LogP contribution in [0, 0.1) is 13.8 Å². The van der Waals surface area contributed by atoms with E-state index in [-0.39, 0.29) is 12.6 Å². The molecule has 0 bridgehead atoms. The third kappa shape index (κ3) is 4.06. The predicted molar refractivity (Wildman–Crippen MR) is 93.1 cm³/mol. The van der Waals surface area contributed by atoms with Crippen molar-refractivity contribution >= 4 is 5.91 Å². The van der Waals surface area contributed by atoms with Crippen LogP contribution in [0.1, 0.15) is 27.3 Å². The summed E-state index contributed by atoms with van der Waals surface area (Å²) < 4.78 is 9.11. The normalized spacial score (nSPS) is 10.7. The zero-order chi connectivity index (χ0) is 17.8. The average molecular weight is 339 g/mol. The zero-order valence-electron chi connectivity index (χ0n) is 14.6. The number of aromatic nitrogens is 4. The maximum atomic E-state index is 12.2. The number of aryl methyl sites for hydroxylation is 3. The van der Waals surface area contributed by atoms with Gasteiger partial charge in [0.25, 0.3) is 5.91 Å². The van der Waals surface area contributed by atoms with Crippen LogP contribution in [-0.2, 0) is 20.3 Å². The molecule has 2 heterocycles. The van der Waals surface area contributed by atoms with Crippen LogP contribution in [0.5, 0.6) is 5.75 Å². The van der Waals surface area contributed by atoms with Crippen molar-refractivity contribution in [3.63, 3.8) is 0 Å². The van der Waals surface area contributed by atoms with Crippen LogP contribution in [0.25, 0.3) is 0 Å². The van der Waals surface area contributed by atoms with Crippen molar-refractivity contribution in [2.24, 2.45) is 7.05 Å². The maximum absolute atomic E-state index is 12.2. The fraction of sp³-hybridized carbons (Fsp3) is 0.278. The van der Waals surface area contributed by atoms with Gasteiger partial charge in [-0.3, -0.25) is 9.48 Å². The third-order valence-electron chi connectivity index (χ3n) is 3.92. The van der Waals surface area contributed by atoms with Gasteiger partial charge >= 0.3 is 0 Å². The third-order valence-corrected chi connectivity index (χ3v) is 3.92. The van der Waals surface area contributed by atoms with Gasteiger partial charge in [-0.05, 0) is 43.2 Å². The second kappa shape index (κ2) is 7.21. The topological polar surface area (TPSA) is 74.0 Å².